The van der Waals surface area contributed by atoms with Crippen LogP contribution in [-0.4, -0.2) is 11.1 Å². The minimum atomic E-state index is 0.759. The zero-order valence-electron chi connectivity index (χ0n) is 14.8. The van der Waals surface area contributed by atoms with E-state index in [2.05, 4.69) is 54.1 Å². The van der Waals surface area contributed by atoms with Crippen molar-refractivity contribution in [3.63, 3.8) is 0 Å². The van der Waals surface area contributed by atoms with Gasteiger partial charge in [0.25, 0.3) is 0 Å². The highest BCUT2D eigenvalue weighted by molar-refractivity contribution is 6.31. The Hall–Kier alpha value is -2.06. The quantitative estimate of drug-likeness (QED) is 0.476. The van der Waals surface area contributed by atoms with E-state index in [1.165, 1.54) is 30.2 Å². The summed E-state index contributed by atoms with van der Waals surface area (Å²) in [5.41, 5.74) is 2.41. The minimum Gasteiger partial charge on any atom is -0.343 e. The number of fused-ring (bicyclic) bond motifs is 1. The standard InChI is InChI=1S/C22H25ClN2/c1-2-3-4-8-14-24-21-13-15-25(17-18-9-6-5-7-10-18)22-16-19(23)11-12-20(21)22/h5-7,9-13,15-16H,2-4,8,14,17H2,1H3. The van der Waals surface area contributed by atoms with E-state index in [1.807, 2.05) is 18.2 Å². The molecule has 3 heteroatoms. The fraction of sp³-hybridized carbons (Fsp3) is 0.318. The Bertz CT molecular complexity index is 881. The molecule has 0 bridgehead atoms. The summed E-state index contributed by atoms with van der Waals surface area (Å²) in [5.74, 6) is 0. The Morgan fingerprint density at radius 1 is 0.960 bits per heavy atom. The van der Waals surface area contributed by atoms with Gasteiger partial charge in [-0.25, -0.2) is 0 Å². The number of benzene rings is 2. The molecule has 0 aliphatic heterocycles. The van der Waals surface area contributed by atoms with Gasteiger partial charge < -0.3 is 4.57 Å². The lowest BCUT2D eigenvalue weighted by Gasteiger charge is -2.12. The van der Waals surface area contributed by atoms with E-state index in [0.717, 1.165) is 35.4 Å². The molecule has 0 saturated carbocycles. The summed E-state index contributed by atoms with van der Waals surface area (Å²) in [6, 6.07) is 18.7. The molecule has 3 rings (SSSR count). The van der Waals surface area contributed by atoms with Crippen LogP contribution in [0.25, 0.3) is 10.9 Å². The van der Waals surface area contributed by atoms with Gasteiger partial charge in [0.1, 0.15) is 0 Å². The number of aromatic nitrogens is 1. The molecule has 0 fully saturated rings. The lowest BCUT2D eigenvalue weighted by atomic mass is 10.1. The molecular weight excluding hydrogens is 328 g/mol. The van der Waals surface area contributed by atoms with Crippen LogP contribution in [0.5, 0.6) is 0 Å². The molecule has 130 valence electrons. The third kappa shape index (κ3) is 4.73. The van der Waals surface area contributed by atoms with Crippen molar-refractivity contribution in [3.8, 4) is 0 Å². The van der Waals surface area contributed by atoms with E-state index in [-0.39, 0.29) is 0 Å². The highest BCUT2D eigenvalue weighted by Gasteiger charge is 2.03. The highest BCUT2D eigenvalue weighted by Crippen LogP contribution is 2.18. The first kappa shape index (κ1) is 17.8. The second-order valence-electron chi connectivity index (χ2n) is 6.42. The van der Waals surface area contributed by atoms with Gasteiger partial charge in [0.15, 0.2) is 0 Å². The van der Waals surface area contributed by atoms with Gasteiger partial charge >= 0.3 is 0 Å². The molecule has 25 heavy (non-hydrogen) atoms. The van der Waals surface area contributed by atoms with Crippen LogP contribution in [0.1, 0.15) is 38.2 Å². The first-order valence-corrected chi connectivity index (χ1v) is 9.49. The van der Waals surface area contributed by atoms with E-state index in [9.17, 15) is 0 Å². The van der Waals surface area contributed by atoms with Crippen LogP contribution < -0.4 is 5.36 Å². The third-order valence-corrected chi connectivity index (χ3v) is 4.68. The van der Waals surface area contributed by atoms with Crippen molar-refractivity contribution >= 4 is 22.5 Å². The monoisotopic (exact) mass is 352 g/mol. The topological polar surface area (TPSA) is 17.3 Å². The molecule has 0 radical (unpaired) electrons. The Balaban J connectivity index is 1.93. The van der Waals surface area contributed by atoms with E-state index >= 15 is 0 Å². The Morgan fingerprint density at radius 2 is 1.80 bits per heavy atom. The van der Waals surface area contributed by atoms with E-state index < -0.39 is 0 Å². The average molecular weight is 353 g/mol. The maximum atomic E-state index is 6.26. The molecule has 1 heterocycles. The number of halogens is 1. The maximum absolute atomic E-state index is 6.26. The summed E-state index contributed by atoms with van der Waals surface area (Å²) in [5, 5.41) is 2.99. The summed E-state index contributed by atoms with van der Waals surface area (Å²) < 4.78 is 2.24. The first-order valence-electron chi connectivity index (χ1n) is 9.11. The van der Waals surface area contributed by atoms with Gasteiger partial charge in [0, 0.05) is 29.7 Å². The molecule has 0 amide bonds. The van der Waals surface area contributed by atoms with Crippen LogP contribution in [0.15, 0.2) is 65.8 Å². The van der Waals surface area contributed by atoms with Crippen molar-refractivity contribution in [3.05, 3.63) is 76.7 Å². The van der Waals surface area contributed by atoms with Crippen molar-refractivity contribution in [2.45, 2.75) is 39.2 Å². The lowest BCUT2D eigenvalue weighted by Crippen LogP contribution is -2.11. The van der Waals surface area contributed by atoms with Crippen LogP contribution in [0, 0.1) is 0 Å². The molecule has 2 nitrogen and oxygen atoms in total. The molecule has 0 atom stereocenters. The number of rotatable bonds is 7. The Labute approximate surface area is 154 Å². The number of hydrogen-bond acceptors (Lipinski definition) is 1. The smallest absolute Gasteiger partial charge is 0.0682 e. The Morgan fingerprint density at radius 3 is 2.60 bits per heavy atom. The van der Waals surface area contributed by atoms with Crippen LogP contribution >= 0.6 is 11.6 Å². The Kier molecular flexibility index (Phi) is 6.30. The number of hydrogen-bond donors (Lipinski definition) is 0. The molecule has 3 aromatic rings. The van der Waals surface area contributed by atoms with Gasteiger partial charge in [-0.05, 0) is 36.2 Å². The zero-order valence-corrected chi connectivity index (χ0v) is 15.5. The zero-order chi connectivity index (χ0) is 17.5. The van der Waals surface area contributed by atoms with Crippen molar-refractivity contribution < 1.29 is 0 Å². The average Bonchev–Trinajstić information content (AvgIpc) is 2.64. The van der Waals surface area contributed by atoms with Gasteiger partial charge in [-0.3, -0.25) is 4.99 Å². The molecule has 2 aromatic carbocycles. The highest BCUT2D eigenvalue weighted by atomic mass is 35.5. The summed E-state index contributed by atoms with van der Waals surface area (Å²) in [6.07, 6.45) is 7.08. The summed E-state index contributed by atoms with van der Waals surface area (Å²) >= 11 is 6.26. The molecular formula is C22H25ClN2. The van der Waals surface area contributed by atoms with Gasteiger partial charge in [-0.15, -0.1) is 0 Å². The summed E-state index contributed by atoms with van der Waals surface area (Å²) in [4.78, 5) is 4.83. The van der Waals surface area contributed by atoms with E-state index in [0.29, 0.717) is 0 Å². The van der Waals surface area contributed by atoms with Crippen LogP contribution in [-0.2, 0) is 6.54 Å². The van der Waals surface area contributed by atoms with Gasteiger partial charge in [-0.2, -0.15) is 0 Å². The largest absolute Gasteiger partial charge is 0.343 e. The van der Waals surface area contributed by atoms with Crippen molar-refractivity contribution in [2.24, 2.45) is 4.99 Å². The van der Waals surface area contributed by atoms with Crippen molar-refractivity contribution in [1.82, 2.24) is 4.57 Å². The van der Waals surface area contributed by atoms with Gasteiger partial charge in [0.05, 0.1) is 10.9 Å². The number of pyridine rings is 1. The van der Waals surface area contributed by atoms with Crippen LogP contribution in [0.3, 0.4) is 0 Å². The van der Waals surface area contributed by atoms with Crippen molar-refractivity contribution in [1.29, 1.82) is 0 Å². The first-order chi connectivity index (χ1) is 12.3. The normalized spacial score (nSPS) is 12.0. The fourth-order valence-corrected chi connectivity index (χ4v) is 3.25. The van der Waals surface area contributed by atoms with Gasteiger partial charge in [-0.1, -0.05) is 68.1 Å². The van der Waals surface area contributed by atoms with Crippen LogP contribution in [0.2, 0.25) is 5.02 Å². The van der Waals surface area contributed by atoms with Gasteiger partial charge in [0.2, 0.25) is 0 Å². The number of unbranched alkanes of at least 4 members (excludes halogenated alkanes) is 3. The van der Waals surface area contributed by atoms with Crippen molar-refractivity contribution in [2.75, 3.05) is 6.54 Å². The molecule has 0 spiro atoms. The second-order valence-corrected chi connectivity index (χ2v) is 6.85. The second kappa shape index (κ2) is 8.87. The predicted octanol–water partition coefficient (Wildman–Crippen LogP) is 5.82. The molecule has 0 aliphatic rings. The van der Waals surface area contributed by atoms with Crippen LogP contribution in [0.4, 0.5) is 0 Å². The predicted molar refractivity (Wildman–Crippen MR) is 107 cm³/mol. The van der Waals surface area contributed by atoms with E-state index in [4.69, 9.17) is 16.6 Å². The summed E-state index contributed by atoms with van der Waals surface area (Å²) in [7, 11) is 0. The molecule has 0 aliphatic carbocycles. The maximum Gasteiger partial charge on any atom is 0.0682 e. The SMILES string of the molecule is CCCCCCN=c1ccn(Cc2ccccc2)c2cc(Cl)ccc12. The minimum absolute atomic E-state index is 0.759. The molecule has 0 N–H and O–H groups in total. The molecule has 1 aromatic heterocycles. The lowest BCUT2D eigenvalue weighted by molar-refractivity contribution is 0.671. The summed E-state index contributed by atoms with van der Waals surface area (Å²) in [6.45, 7) is 3.95. The van der Waals surface area contributed by atoms with E-state index in [1.54, 1.807) is 0 Å². The third-order valence-electron chi connectivity index (χ3n) is 4.45. The number of nitrogens with zero attached hydrogens (tertiary/aromatic N) is 2. The fourth-order valence-electron chi connectivity index (χ4n) is 3.08. The molecule has 0 saturated heterocycles. The molecule has 0 unspecified atom stereocenters.